The molecule has 1 aromatic rings. The van der Waals surface area contributed by atoms with Crippen molar-refractivity contribution in [3.05, 3.63) is 39.4 Å². The smallest absolute Gasteiger partial charge is 0.338 e. The topological polar surface area (TPSA) is 110 Å². The molecule has 9 nitrogen and oxygen atoms in total. The lowest BCUT2D eigenvalue weighted by Crippen LogP contribution is -2.44. The van der Waals surface area contributed by atoms with E-state index < -0.39 is 10.9 Å². The highest BCUT2D eigenvalue weighted by Gasteiger charge is 2.31. The van der Waals surface area contributed by atoms with Crippen LogP contribution in [-0.4, -0.2) is 65.8 Å². The number of non-ortho nitro benzene ring substituents is 1. The first-order chi connectivity index (χ1) is 14.4. The molecule has 30 heavy (non-hydrogen) atoms. The fraction of sp³-hybridized carbons (Fsp3) is 0.571. The van der Waals surface area contributed by atoms with Gasteiger partial charge in [0.1, 0.15) is 0 Å². The summed E-state index contributed by atoms with van der Waals surface area (Å²) in [5.41, 5.74) is -0.310. The highest BCUT2D eigenvalue weighted by atomic mass is 16.6. The molecule has 2 aliphatic heterocycles. The second kappa shape index (κ2) is 9.69. The van der Waals surface area contributed by atoms with E-state index in [0.29, 0.717) is 25.9 Å². The number of hydrogen-bond acceptors (Lipinski definition) is 6. The lowest BCUT2D eigenvalue weighted by Gasteiger charge is -2.34. The van der Waals surface area contributed by atoms with Gasteiger partial charge in [-0.25, -0.2) is 4.79 Å². The second-order valence-corrected chi connectivity index (χ2v) is 7.82. The van der Waals surface area contributed by atoms with Crippen LogP contribution in [0.3, 0.4) is 0 Å². The number of hydrogen-bond donors (Lipinski definition) is 0. The first-order valence-electron chi connectivity index (χ1n) is 10.4. The van der Waals surface area contributed by atoms with E-state index in [1.807, 2.05) is 4.90 Å². The predicted octanol–water partition coefficient (Wildman–Crippen LogP) is 2.64. The van der Waals surface area contributed by atoms with Gasteiger partial charge in [-0.1, -0.05) is 12.8 Å². The van der Waals surface area contributed by atoms with Gasteiger partial charge in [-0.15, -0.1) is 0 Å². The highest BCUT2D eigenvalue weighted by Crippen LogP contribution is 2.25. The van der Waals surface area contributed by atoms with Crippen LogP contribution >= 0.6 is 0 Å². The van der Waals surface area contributed by atoms with E-state index in [0.717, 1.165) is 44.8 Å². The molecule has 0 atom stereocenters. The number of rotatable bonds is 4. The molecule has 0 bridgehead atoms. The molecule has 0 N–H and O–H groups in total. The molecule has 0 aliphatic carbocycles. The molecule has 2 heterocycles. The molecule has 0 radical (unpaired) electrons. The lowest BCUT2D eigenvalue weighted by molar-refractivity contribution is -0.384. The number of nitro groups is 1. The van der Waals surface area contributed by atoms with E-state index in [2.05, 4.69) is 4.74 Å². The van der Waals surface area contributed by atoms with Crippen LogP contribution in [0.2, 0.25) is 0 Å². The number of likely N-dealkylation sites (tertiary alicyclic amines) is 2. The average molecular weight is 417 g/mol. The number of benzene rings is 1. The summed E-state index contributed by atoms with van der Waals surface area (Å²) in [6.07, 6.45) is 5.54. The van der Waals surface area contributed by atoms with E-state index >= 15 is 0 Å². The van der Waals surface area contributed by atoms with Crippen LogP contribution in [0.1, 0.15) is 59.2 Å². The number of nitro benzene ring substituents is 1. The number of methoxy groups -OCH3 is 1. The molecule has 0 spiro atoms. The van der Waals surface area contributed by atoms with Gasteiger partial charge in [0.25, 0.3) is 11.6 Å². The number of ether oxygens (including phenoxy) is 1. The van der Waals surface area contributed by atoms with Crippen LogP contribution in [0.4, 0.5) is 5.69 Å². The van der Waals surface area contributed by atoms with Crippen LogP contribution in [0.25, 0.3) is 0 Å². The summed E-state index contributed by atoms with van der Waals surface area (Å²) in [5.74, 6) is -1.05. The molecular formula is C21H27N3O6. The van der Waals surface area contributed by atoms with Crippen molar-refractivity contribution < 1.29 is 24.0 Å². The van der Waals surface area contributed by atoms with Crippen molar-refractivity contribution in [1.82, 2.24) is 9.80 Å². The summed E-state index contributed by atoms with van der Waals surface area (Å²) in [7, 11) is 1.18. The maximum atomic E-state index is 12.9. The molecular weight excluding hydrogens is 390 g/mol. The number of nitrogens with zero attached hydrogens (tertiary/aromatic N) is 3. The van der Waals surface area contributed by atoms with Gasteiger partial charge < -0.3 is 14.5 Å². The summed E-state index contributed by atoms with van der Waals surface area (Å²) in [6.45, 7) is 2.42. The maximum Gasteiger partial charge on any atom is 0.338 e. The minimum absolute atomic E-state index is 0.0405. The van der Waals surface area contributed by atoms with Gasteiger partial charge in [-0.3, -0.25) is 19.7 Å². The minimum Gasteiger partial charge on any atom is -0.465 e. The van der Waals surface area contributed by atoms with E-state index in [1.165, 1.54) is 19.2 Å². The van der Waals surface area contributed by atoms with Gasteiger partial charge >= 0.3 is 5.97 Å². The Balaban J connectivity index is 1.67. The van der Waals surface area contributed by atoms with Gasteiger partial charge in [0.2, 0.25) is 5.91 Å². The zero-order chi connectivity index (χ0) is 21.7. The number of carbonyl (C=O) groups excluding carboxylic acids is 3. The van der Waals surface area contributed by atoms with Crippen molar-refractivity contribution in [1.29, 1.82) is 0 Å². The Bertz CT molecular complexity index is 824. The van der Waals surface area contributed by atoms with Gasteiger partial charge in [-0.2, -0.15) is 0 Å². The Morgan fingerprint density at radius 1 is 0.933 bits per heavy atom. The van der Waals surface area contributed by atoms with Gasteiger partial charge in [0.15, 0.2) is 0 Å². The number of amides is 2. The van der Waals surface area contributed by atoms with E-state index in [9.17, 15) is 24.5 Å². The lowest BCUT2D eigenvalue weighted by atomic mass is 9.94. The van der Waals surface area contributed by atoms with Gasteiger partial charge in [0.05, 0.1) is 17.6 Å². The van der Waals surface area contributed by atoms with Crippen molar-refractivity contribution in [2.75, 3.05) is 33.3 Å². The van der Waals surface area contributed by atoms with Crippen molar-refractivity contribution in [3.8, 4) is 0 Å². The quantitative estimate of drug-likeness (QED) is 0.423. The Morgan fingerprint density at radius 2 is 1.53 bits per heavy atom. The SMILES string of the molecule is COC(=O)c1cc(C(=O)N2CCC(C(=O)N3CCCCCC3)CC2)cc([N+](=O)[O-])c1. The molecule has 2 amide bonds. The molecule has 2 fully saturated rings. The highest BCUT2D eigenvalue weighted by molar-refractivity contribution is 5.99. The monoisotopic (exact) mass is 417 g/mol. The standard InChI is InChI=1S/C21H27N3O6/c1-30-21(27)17-12-16(13-18(14-17)24(28)29)20(26)23-10-6-15(7-11-23)19(25)22-8-4-2-3-5-9-22/h12-15H,2-11H2,1H3. The zero-order valence-corrected chi connectivity index (χ0v) is 17.2. The van der Waals surface area contributed by atoms with Crippen LogP contribution in [0.15, 0.2) is 18.2 Å². The summed E-state index contributed by atoms with van der Waals surface area (Å²) >= 11 is 0. The zero-order valence-electron chi connectivity index (χ0n) is 17.2. The van der Waals surface area contributed by atoms with Crippen LogP contribution < -0.4 is 0 Å². The number of piperidine rings is 1. The second-order valence-electron chi connectivity index (χ2n) is 7.82. The average Bonchev–Trinajstić information content (AvgIpc) is 3.07. The Labute approximate surface area is 175 Å². The van der Waals surface area contributed by atoms with Crippen molar-refractivity contribution in [2.45, 2.75) is 38.5 Å². The molecule has 9 heteroatoms. The third-order valence-electron chi connectivity index (χ3n) is 5.85. The Hall–Kier alpha value is -2.97. The van der Waals surface area contributed by atoms with Gasteiger partial charge in [0, 0.05) is 49.8 Å². The van der Waals surface area contributed by atoms with E-state index in [-0.39, 0.29) is 34.5 Å². The predicted molar refractivity (Wildman–Crippen MR) is 108 cm³/mol. The van der Waals surface area contributed by atoms with Crippen molar-refractivity contribution in [3.63, 3.8) is 0 Å². The first-order valence-corrected chi connectivity index (χ1v) is 10.4. The fourth-order valence-electron chi connectivity index (χ4n) is 4.14. The summed E-state index contributed by atoms with van der Waals surface area (Å²) in [4.78, 5) is 51.7. The molecule has 3 rings (SSSR count). The number of carbonyl (C=O) groups is 3. The summed E-state index contributed by atoms with van der Waals surface area (Å²) in [6, 6.07) is 3.58. The number of esters is 1. The first kappa shape index (κ1) is 21.7. The van der Waals surface area contributed by atoms with Crippen LogP contribution in [-0.2, 0) is 9.53 Å². The third-order valence-corrected chi connectivity index (χ3v) is 5.85. The van der Waals surface area contributed by atoms with Gasteiger partial charge in [-0.05, 0) is 31.7 Å². The van der Waals surface area contributed by atoms with Crippen molar-refractivity contribution in [2.24, 2.45) is 5.92 Å². The van der Waals surface area contributed by atoms with E-state index in [4.69, 9.17) is 0 Å². The van der Waals surface area contributed by atoms with Crippen LogP contribution in [0, 0.1) is 16.0 Å². The molecule has 2 saturated heterocycles. The molecule has 0 unspecified atom stereocenters. The molecule has 0 saturated carbocycles. The molecule has 1 aromatic carbocycles. The Morgan fingerprint density at radius 3 is 2.10 bits per heavy atom. The molecule has 0 aromatic heterocycles. The molecule has 2 aliphatic rings. The summed E-state index contributed by atoms with van der Waals surface area (Å²) < 4.78 is 4.63. The third kappa shape index (κ3) is 4.95. The van der Waals surface area contributed by atoms with Crippen LogP contribution in [0.5, 0.6) is 0 Å². The normalized spacial score (nSPS) is 17.9. The van der Waals surface area contributed by atoms with E-state index in [1.54, 1.807) is 4.90 Å². The maximum absolute atomic E-state index is 12.9. The molecule has 162 valence electrons. The Kier molecular flexibility index (Phi) is 7.02. The fourth-order valence-corrected chi connectivity index (χ4v) is 4.14. The van der Waals surface area contributed by atoms with Crippen molar-refractivity contribution >= 4 is 23.5 Å². The summed E-state index contributed by atoms with van der Waals surface area (Å²) in [5, 5.41) is 11.2. The largest absolute Gasteiger partial charge is 0.465 e. The minimum atomic E-state index is -0.741.